The lowest BCUT2D eigenvalue weighted by Gasteiger charge is -2.39. The number of rotatable bonds is 5. The third-order valence-corrected chi connectivity index (χ3v) is 5.66. The van der Waals surface area contributed by atoms with Crippen molar-refractivity contribution in [3.05, 3.63) is 59.8 Å². The topological polar surface area (TPSA) is 57.7 Å². The molecule has 1 fully saturated rings. The van der Waals surface area contributed by atoms with E-state index in [0.717, 1.165) is 42.2 Å². The van der Waals surface area contributed by atoms with Gasteiger partial charge in [-0.2, -0.15) is 0 Å². The van der Waals surface area contributed by atoms with Crippen LogP contribution in [0, 0.1) is 0 Å². The van der Waals surface area contributed by atoms with Crippen molar-refractivity contribution in [1.29, 1.82) is 0 Å². The highest BCUT2D eigenvalue weighted by molar-refractivity contribution is 5.84. The summed E-state index contributed by atoms with van der Waals surface area (Å²) in [5, 5.41) is 12.4. The molecule has 0 amide bonds. The zero-order chi connectivity index (χ0) is 18.9. The molecule has 142 valence electrons. The Hall–Kier alpha value is -2.50. The van der Waals surface area contributed by atoms with Crippen LogP contribution in [0.5, 0.6) is 11.5 Å². The standard InChI is InChI=1S/C22H26N2O3/c1-26-17-7-8-18-16(14-23-20(18)13-17)15-24-11-9-22(25,10-12-24)19-5-3-4-6-21(19)27-2/h3-8,13-14,23,25H,9-12,15H2,1-2H3. The summed E-state index contributed by atoms with van der Waals surface area (Å²) in [4.78, 5) is 5.74. The van der Waals surface area contributed by atoms with Crippen LogP contribution in [0.2, 0.25) is 0 Å². The van der Waals surface area contributed by atoms with Gasteiger partial charge >= 0.3 is 0 Å². The minimum atomic E-state index is -0.823. The average Bonchev–Trinajstić information content (AvgIpc) is 3.11. The number of benzene rings is 2. The van der Waals surface area contributed by atoms with Gasteiger partial charge in [0, 0.05) is 48.4 Å². The first kappa shape index (κ1) is 17.9. The highest BCUT2D eigenvalue weighted by atomic mass is 16.5. The number of nitrogens with zero attached hydrogens (tertiary/aromatic N) is 1. The zero-order valence-corrected chi connectivity index (χ0v) is 15.9. The third kappa shape index (κ3) is 3.40. The molecule has 0 radical (unpaired) electrons. The number of hydrogen-bond donors (Lipinski definition) is 2. The Balaban J connectivity index is 1.47. The van der Waals surface area contributed by atoms with Gasteiger partial charge in [0.15, 0.2) is 0 Å². The second-order valence-corrected chi connectivity index (χ2v) is 7.23. The summed E-state index contributed by atoms with van der Waals surface area (Å²) in [5.74, 6) is 1.62. The van der Waals surface area contributed by atoms with Crippen LogP contribution in [0.15, 0.2) is 48.7 Å². The van der Waals surface area contributed by atoms with Crippen LogP contribution in [-0.4, -0.2) is 42.3 Å². The van der Waals surface area contributed by atoms with Crippen LogP contribution < -0.4 is 9.47 Å². The van der Waals surface area contributed by atoms with Gasteiger partial charge in [0.2, 0.25) is 0 Å². The number of likely N-dealkylation sites (tertiary alicyclic amines) is 1. The summed E-state index contributed by atoms with van der Waals surface area (Å²) >= 11 is 0. The van der Waals surface area contributed by atoms with Gasteiger partial charge in [-0.3, -0.25) is 4.90 Å². The summed E-state index contributed by atoms with van der Waals surface area (Å²) in [7, 11) is 3.34. The quantitative estimate of drug-likeness (QED) is 0.723. The number of piperidine rings is 1. The molecule has 27 heavy (non-hydrogen) atoms. The van der Waals surface area contributed by atoms with Crippen LogP contribution in [0.3, 0.4) is 0 Å². The molecule has 0 spiro atoms. The van der Waals surface area contributed by atoms with Gasteiger partial charge in [-0.25, -0.2) is 0 Å². The first-order valence-electron chi connectivity index (χ1n) is 9.35. The number of aliphatic hydroxyl groups is 1. The Kier molecular flexibility index (Phi) is 4.81. The van der Waals surface area contributed by atoms with E-state index in [1.165, 1.54) is 10.9 Å². The number of H-pyrrole nitrogens is 1. The van der Waals surface area contributed by atoms with Crippen molar-refractivity contribution < 1.29 is 14.6 Å². The molecule has 0 atom stereocenters. The van der Waals surface area contributed by atoms with Gasteiger partial charge in [-0.05, 0) is 36.6 Å². The molecule has 0 aliphatic carbocycles. The van der Waals surface area contributed by atoms with E-state index in [4.69, 9.17) is 9.47 Å². The van der Waals surface area contributed by atoms with E-state index in [2.05, 4.69) is 22.1 Å². The van der Waals surface area contributed by atoms with Gasteiger partial charge < -0.3 is 19.6 Å². The minimum absolute atomic E-state index is 0.698. The Morgan fingerprint density at radius 1 is 1.07 bits per heavy atom. The zero-order valence-electron chi connectivity index (χ0n) is 15.9. The molecular formula is C22H26N2O3. The van der Waals surface area contributed by atoms with Crippen LogP contribution in [0.25, 0.3) is 10.9 Å². The Bertz CT molecular complexity index is 926. The van der Waals surface area contributed by atoms with E-state index in [1.54, 1.807) is 14.2 Å². The van der Waals surface area contributed by atoms with E-state index >= 15 is 0 Å². The van der Waals surface area contributed by atoms with Gasteiger partial charge in [-0.15, -0.1) is 0 Å². The molecule has 5 nitrogen and oxygen atoms in total. The fourth-order valence-corrected chi connectivity index (χ4v) is 4.04. The number of para-hydroxylation sites is 1. The lowest BCUT2D eigenvalue weighted by Crippen LogP contribution is -2.42. The number of hydrogen-bond acceptors (Lipinski definition) is 4. The van der Waals surface area contributed by atoms with Crippen LogP contribution in [0.1, 0.15) is 24.0 Å². The molecule has 4 rings (SSSR count). The molecule has 1 saturated heterocycles. The molecule has 1 aromatic heterocycles. The smallest absolute Gasteiger partial charge is 0.124 e. The van der Waals surface area contributed by atoms with Gasteiger partial charge in [0.05, 0.1) is 19.8 Å². The number of methoxy groups -OCH3 is 2. The van der Waals surface area contributed by atoms with E-state index in [9.17, 15) is 5.11 Å². The molecular weight excluding hydrogens is 340 g/mol. The van der Waals surface area contributed by atoms with Gasteiger partial charge in [-0.1, -0.05) is 18.2 Å². The van der Waals surface area contributed by atoms with Crippen molar-refractivity contribution in [3.8, 4) is 11.5 Å². The summed E-state index contributed by atoms with van der Waals surface area (Å²) in [6.07, 6.45) is 3.47. The maximum Gasteiger partial charge on any atom is 0.124 e. The first-order valence-corrected chi connectivity index (χ1v) is 9.35. The predicted octanol–water partition coefficient (Wildman–Crippen LogP) is 3.67. The minimum Gasteiger partial charge on any atom is -0.497 e. The Morgan fingerprint density at radius 3 is 2.59 bits per heavy atom. The van der Waals surface area contributed by atoms with Crippen molar-refractivity contribution in [2.75, 3.05) is 27.3 Å². The molecule has 0 bridgehead atoms. The second-order valence-electron chi connectivity index (χ2n) is 7.23. The molecule has 2 aromatic carbocycles. The fraction of sp³-hybridized carbons (Fsp3) is 0.364. The fourth-order valence-electron chi connectivity index (χ4n) is 4.04. The number of nitrogens with one attached hydrogen (secondary N) is 1. The molecule has 2 N–H and O–H groups in total. The number of fused-ring (bicyclic) bond motifs is 1. The maximum absolute atomic E-state index is 11.2. The SMILES string of the molecule is COc1ccc2c(CN3CCC(O)(c4ccccc4OC)CC3)c[nH]c2c1. The third-order valence-electron chi connectivity index (χ3n) is 5.66. The summed E-state index contributed by atoms with van der Waals surface area (Å²) in [5.41, 5.74) is 2.44. The summed E-state index contributed by atoms with van der Waals surface area (Å²) < 4.78 is 10.8. The number of ether oxygens (including phenoxy) is 2. The molecule has 0 unspecified atom stereocenters. The Morgan fingerprint density at radius 2 is 1.85 bits per heavy atom. The van der Waals surface area contributed by atoms with Crippen LogP contribution in [-0.2, 0) is 12.1 Å². The van der Waals surface area contributed by atoms with E-state index < -0.39 is 5.60 Å². The average molecular weight is 366 g/mol. The van der Waals surface area contributed by atoms with Crippen LogP contribution in [0.4, 0.5) is 0 Å². The Labute approximate surface area is 159 Å². The van der Waals surface area contributed by atoms with Gasteiger partial charge in [0.1, 0.15) is 11.5 Å². The monoisotopic (exact) mass is 366 g/mol. The molecule has 2 heterocycles. The second kappa shape index (κ2) is 7.25. The molecule has 1 aliphatic heterocycles. The molecule has 5 heteroatoms. The molecule has 1 aliphatic rings. The number of aromatic nitrogens is 1. The molecule has 3 aromatic rings. The van der Waals surface area contributed by atoms with Crippen molar-refractivity contribution in [2.45, 2.75) is 25.0 Å². The van der Waals surface area contributed by atoms with Crippen LogP contribution >= 0.6 is 0 Å². The van der Waals surface area contributed by atoms with Crippen molar-refractivity contribution in [3.63, 3.8) is 0 Å². The highest BCUT2D eigenvalue weighted by Gasteiger charge is 2.36. The maximum atomic E-state index is 11.2. The summed E-state index contributed by atoms with van der Waals surface area (Å²) in [6, 6.07) is 13.9. The largest absolute Gasteiger partial charge is 0.497 e. The van der Waals surface area contributed by atoms with Crippen molar-refractivity contribution in [2.24, 2.45) is 0 Å². The first-order chi connectivity index (χ1) is 13.1. The summed E-state index contributed by atoms with van der Waals surface area (Å²) in [6.45, 7) is 2.56. The number of aromatic amines is 1. The van der Waals surface area contributed by atoms with E-state index in [-0.39, 0.29) is 0 Å². The van der Waals surface area contributed by atoms with Gasteiger partial charge in [0.25, 0.3) is 0 Å². The van der Waals surface area contributed by atoms with Crippen molar-refractivity contribution in [1.82, 2.24) is 9.88 Å². The van der Waals surface area contributed by atoms with E-state index in [0.29, 0.717) is 12.8 Å². The predicted molar refractivity (Wildman–Crippen MR) is 106 cm³/mol. The normalized spacial score (nSPS) is 17.1. The van der Waals surface area contributed by atoms with E-state index in [1.807, 2.05) is 36.4 Å². The lowest BCUT2D eigenvalue weighted by molar-refractivity contribution is -0.0291. The highest BCUT2D eigenvalue weighted by Crippen LogP contribution is 2.38. The molecule has 0 saturated carbocycles. The van der Waals surface area contributed by atoms with Crippen molar-refractivity contribution >= 4 is 10.9 Å². The lowest BCUT2D eigenvalue weighted by atomic mass is 9.84.